The maximum atomic E-state index is 12.2. The molecular weight excluding hydrogens is 326 g/mol. The maximum Gasteiger partial charge on any atom is 0.511 e. The first kappa shape index (κ1) is 17.0. The number of hydrogen-bond donors (Lipinski definition) is 1. The Balaban J connectivity index is 1.77. The third kappa shape index (κ3) is 3.10. The molecule has 2 aliphatic rings. The van der Waals surface area contributed by atoms with Gasteiger partial charge in [-0.25, -0.2) is 4.79 Å². The quantitative estimate of drug-likeness (QED) is 0.483. The molecular formula is C18H19NO6. The van der Waals surface area contributed by atoms with Gasteiger partial charge in [-0.05, 0) is 11.6 Å². The van der Waals surface area contributed by atoms with E-state index < -0.39 is 18.1 Å². The number of ether oxygens (including phenoxy) is 3. The molecule has 3 rings (SSSR count). The van der Waals surface area contributed by atoms with Gasteiger partial charge in [0.15, 0.2) is 12.0 Å². The minimum Gasteiger partial charge on any atom is -0.468 e. The molecule has 132 valence electrons. The average molecular weight is 345 g/mol. The zero-order valence-corrected chi connectivity index (χ0v) is 13.6. The Bertz CT molecular complexity index is 701. The standard InChI is InChI=1S/C18H19NO6/c1-2-9-18(14(8-10-20)24-16-11-15(21)19(16)18)25-17(22)23-12-13-6-4-3-5-7-13/h2-8,16,20H,1,9-12H2/t16-,18?/m1/s1. The Morgan fingerprint density at radius 3 is 2.84 bits per heavy atom. The summed E-state index contributed by atoms with van der Waals surface area (Å²) in [5.41, 5.74) is -0.651. The van der Waals surface area contributed by atoms with Gasteiger partial charge in [-0.3, -0.25) is 9.69 Å². The molecule has 7 heteroatoms. The number of rotatable bonds is 6. The summed E-state index contributed by atoms with van der Waals surface area (Å²) in [4.78, 5) is 25.6. The van der Waals surface area contributed by atoms with Crippen LogP contribution in [0, 0.1) is 0 Å². The highest BCUT2D eigenvalue weighted by atomic mass is 16.8. The Morgan fingerprint density at radius 1 is 1.44 bits per heavy atom. The summed E-state index contributed by atoms with van der Waals surface area (Å²) in [5.74, 6) is 0.00598. The maximum absolute atomic E-state index is 12.2. The Morgan fingerprint density at radius 2 is 2.20 bits per heavy atom. The van der Waals surface area contributed by atoms with Gasteiger partial charge in [0.25, 0.3) is 5.72 Å². The fraction of sp³-hybridized carbons (Fsp3) is 0.333. The van der Waals surface area contributed by atoms with Crippen LogP contribution in [0.5, 0.6) is 0 Å². The molecule has 0 radical (unpaired) electrons. The number of carbonyl (C=O) groups excluding carboxylic acids is 2. The summed E-state index contributed by atoms with van der Waals surface area (Å²) >= 11 is 0. The van der Waals surface area contributed by atoms with Crippen LogP contribution in [-0.2, 0) is 25.6 Å². The van der Waals surface area contributed by atoms with Crippen molar-refractivity contribution in [1.82, 2.24) is 4.90 Å². The van der Waals surface area contributed by atoms with E-state index in [9.17, 15) is 14.7 Å². The van der Waals surface area contributed by atoms with Crippen LogP contribution in [0.1, 0.15) is 18.4 Å². The molecule has 1 amide bonds. The van der Waals surface area contributed by atoms with Crippen molar-refractivity contribution in [3.05, 3.63) is 60.4 Å². The predicted octanol–water partition coefficient (Wildman–Crippen LogP) is 2.08. The molecule has 2 heterocycles. The lowest BCUT2D eigenvalue weighted by Gasteiger charge is -2.41. The van der Waals surface area contributed by atoms with Crippen LogP contribution in [-0.4, -0.2) is 40.6 Å². The minimum absolute atomic E-state index is 0.0428. The predicted molar refractivity (Wildman–Crippen MR) is 86.8 cm³/mol. The fourth-order valence-corrected chi connectivity index (χ4v) is 2.98. The van der Waals surface area contributed by atoms with Gasteiger partial charge in [-0.1, -0.05) is 36.4 Å². The van der Waals surface area contributed by atoms with Crippen molar-refractivity contribution >= 4 is 12.1 Å². The van der Waals surface area contributed by atoms with Crippen LogP contribution in [0.4, 0.5) is 4.79 Å². The first-order chi connectivity index (χ1) is 12.1. The minimum atomic E-state index is -1.46. The summed E-state index contributed by atoms with van der Waals surface area (Å²) in [6, 6.07) is 9.16. The topological polar surface area (TPSA) is 85.3 Å². The van der Waals surface area contributed by atoms with Gasteiger partial charge < -0.3 is 19.3 Å². The summed E-state index contributed by atoms with van der Waals surface area (Å²) in [6.07, 6.45) is 1.78. The Hall–Kier alpha value is -2.80. The molecule has 25 heavy (non-hydrogen) atoms. The highest BCUT2D eigenvalue weighted by Crippen LogP contribution is 2.47. The van der Waals surface area contributed by atoms with E-state index in [1.807, 2.05) is 30.3 Å². The molecule has 1 unspecified atom stereocenters. The third-order valence-corrected chi connectivity index (χ3v) is 4.09. The number of benzene rings is 1. The van der Waals surface area contributed by atoms with Gasteiger partial charge in [-0.15, -0.1) is 6.58 Å². The van der Waals surface area contributed by atoms with Crippen molar-refractivity contribution in [3.63, 3.8) is 0 Å². The number of fused-ring (bicyclic) bond motifs is 1. The second-order valence-electron chi connectivity index (χ2n) is 5.69. The number of aliphatic hydroxyl groups is 1. The van der Waals surface area contributed by atoms with Crippen molar-refractivity contribution in [2.24, 2.45) is 0 Å². The van der Waals surface area contributed by atoms with Crippen LogP contribution in [0.2, 0.25) is 0 Å². The molecule has 1 aromatic rings. The average Bonchev–Trinajstić information content (AvgIpc) is 2.82. The van der Waals surface area contributed by atoms with Crippen molar-refractivity contribution in [2.75, 3.05) is 6.61 Å². The molecule has 2 atom stereocenters. The smallest absolute Gasteiger partial charge is 0.468 e. The van der Waals surface area contributed by atoms with E-state index in [4.69, 9.17) is 14.2 Å². The lowest BCUT2D eigenvalue weighted by molar-refractivity contribution is -0.180. The molecule has 7 nitrogen and oxygen atoms in total. The summed E-state index contributed by atoms with van der Waals surface area (Å²) in [7, 11) is 0. The van der Waals surface area contributed by atoms with Crippen molar-refractivity contribution in [1.29, 1.82) is 0 Å². The van der Waals surface area contributed by atoms with Gasteiger partial charge in [0, 0.05) is 6.42 Å². The molecule has 0 aromatic heterocycles. The van der Waals surface area contributed by atoms with Crippen molar-refractivity contribution in [3.8, 4) is 0 Å². The number of hydrogen-bond acceptors (Lipinski definition) is 6. The molecule has 0 aliphatic carbocycles. The number of nitrogens with zero attached hydrogens (tertiary/aromatic N) is 1. The van der Waals surface area contributed by atoms with Gasteiger partial charge in [0.05, 0.1) is 13.0 Å². The largest absolute Gasteiger partial charge is 0.511 e. The number of amides is 1. The van der Waals surface area contributed by atoms with E-state index in [1.165, 1.54) is 17.1 Å². The number of β-lactam (4-membered cyclic amide) rings is 1. The summed E-state index contributed by atoms with van der Waals surface area (Å²) < 4.78 is 16.3. The highest BCUT2D eigenvalue weighted by Gasteiger charge is 2.62. The monoisotopic (exact) mass is 345 g/mol. The lowest BCUT2D eigenvalue weighted by Crippen LogP contribution is -2.60. The van der Waals surface area contributed by atoms with E-state index in [1.54, 1.807) is 0 Å². The van der Waals surface area contributed by atoms with Crippen LogP contribution < -0.4 is 0 Å². The molecule has 2 fully saturated rings. The Labute approximate surface area is 145 Å². The van der Waals surface area contributed by atoms with Crippen molar-refractivity contribution < 1.29 is 28.9 Å². The van der Waals surface area contributed by atoms with E-state index in [0.717, 1.165) is 5.56 Å². The number of carbonyl (C=O) groups is 2. The fourth-order valence-electron chi connectivity index (χ4n) is 2.98. The van der Waals surface area contributed by atoms with Crippen LogP contribution in [0.3, 0.4) is 0 Å². The van der Waals surface area contributed by atoms with Gasteiger partial charge in [-0.2, -0.15) is 0 Å². The summed E-state index contributed by atoms with van der Waals surface area (Å²) in [5, 5.41) is 9.21. The van der Waals surface area contributed by atoms with Gasteiger partial charge in [0.1, 0.15) is 6.61 Å². The summed E-state index contributed by atoms with van der Waals surface area (Å²) in [6.45, 7) is 3.39. The van der Waals surface area contributed by atoms with E-state index in [-0.39, 0.29) is 37.7 Å². The normalized spacial score (nSPS) is 25.8. The zero-order chi connectivity index (χ0) is 17.9. The van der Waals surface area contributed by atoms with Crippen LogP contribution in [0.25, 0.3) is 0 Å². The molecule has 0 bridgehead atoms. The van der Waals surface area contributed by atoms with Gasteiger partial charge >= 0.3 is 6.16 Å². The van der Waals surface area contributed by atoms with Crippen LogP contribution >= 0.6 is 0 Å². The first-order valence-electron chi connectivity index (χ1n) is 7.91. The zero-order valence-electron chi connectivity index (χ0n) is 13.6. The van der Waals surface area contributed by atoms with E-state index >= 15 is 0 Å². The highest BCUT2D eigenvalue weighted by molar-refractivity contribution is 5.85. The van der Waals surface area contributed by atoms with Gasteiger partial charge in [0.2, 0.25) is 5.91 Å². The molecule has 2 saturated heterocycles. The van der Waals surface area contributed by atoms with Crippen molar-refractivity contribution in [2.45, 2.75) is 31.4 Å². The number of aliphatic hydroxyl groups excluding tert-OH is 1. The van der Waals surface area contributed by atoms with Crippen LogP contribution in [0.15, 0.2) is 54.8 Å². The Kier molecular flexibility index (Phi) is 4.76. The third-order valence-electron chi connectivity index (χ3n) is 4.09. The molecule has 1 aromatic carbocycles. The molecule has 1 N–H and O–H groups in total. The first-order valence-corrected chi connectivity index (χ1v) is 7.91. The van der Waals surface area contributed by atoms with E-state index in [0.29, 0.717) is 0 Å². The van der Waals surface area contributed by atoms with E-state index in [2.05, 4.69) is 6.58 Å². The second-order valence-corrected chi connectivity index (χ2v) is 5.69. The second kappa shape index (κ2) is 6.98. The molecule has 2 aliphatic heterocycles. The molecule has 0 spiro atoms. The molecule has 0 saturated carbocycles. The lowest BCUT2D eigenvalue weighted by atomic mass is 10.0. The SMILES string of the molecule is C=CCC1(OC(=O)OCc2ccccc2)C(=CCO)O[C@@H]2CC(=O)N21.